The molecule has 0 radical (unpaired) electrons. The summed E-state index contributed by atoms with van der Waals surface area (Å²) in [6.45, 7) is 3.76. The van der Waals surface area contributed by atoms with Crippen LogP contribution in [0.3, 0.4) is 0 Å². The number of nitrogens with one attached hydrogen (secondary N) is 1. The number of amides is 1. The molecule has 0 spiro atoms. The number of aliphatic hydroxyl groups is 1. The van der Waals surface area contributed by atoms with E-state index in [1.165, 1.54) is 0 Å². The zero-order chi connectivity index (χ0) is 15.5. The fourth-order valence-electron chi connectivity index (χ4n) is 2.78. The molecule has 1 atom stereocenters. The first-order valence-corrected chi connectivity index (χ1v) is 7.76. The summed E-state index contributed by atoms with van der Waals surface area (Å²) < 4.78 is 0. The molecule has 5 heteroatoms. The third-order valence-corrected chi connectivity index (χ3v) is 3.91. The number of para-hydroxylation sites is 1. The van der Waals surface area contributed by atoms with Gasteiger partial charge in [0.2, 0.25) is 0 Å². The van der Waals surface area contributed by atoms with E-state index in [9.17, 15) is 9.90 Å². The maximum atomic E-state index is 12.5. The van der Waals surface area contributed by atoms with Crippen LogP contribution in [0.25, 0.3) is 10.9 Å². The Labute approximate surface area is 130 Å². The lowest BCUT2D eigenvalue weighted by molar-refractivity contribution is 0.0924. The molecule has 1 saturated heterocycles. The lowest BCUT2D eigenvalue weighted by atomic mass is 10.1. The molecule has 116 valence electrons. The van der Waals surface area contributed by atoms with E-state index >= 15 is 0 Å². The zero-order valence-corrected chi connectivity index (χ0v) is 12.7. The van der Waals surface area contributed by atoms with Crippen LogP contribution < -0.4 is 10.2 Å². The van der Waals surface area contributed by atoms with Gasteiger partial charge in [-0.2, -0.15) is 0 Å². The fourth-order valence-corrected chi connectivity index (χ4v) is 2.78. The highest BCUT2D eigenvalue weighted by molar-refractivity contribution is 6.02. The van der Waals surface area contributed by atoms with E-state index in [1.54, 1.807) is 6.92 Å². The van der Waals surface area contributed by atoms with Crippen LogP contribution in [-0.4, -0.2) is 41.7 Å². The Morgan fingerprint density at radius 1 is 1.36 bits per heavy atom. The summed E-state index contributed by atoms with van der Waals surface area (Å²) in [7, 11) is 0. The molecule has 3 rings (SSSR count). The average Bonchev–Trinajstić information content (AvgIpc) is 3.05. The summed E-state index contributed by atoms with van der Waals surface area (Å²) in [6.07, 6.45) is 1.69. The minimum atomic E-state index is -0.562. The second-order valence-electron chi connectivity index (χ2n) is 5.81. The van der Waals surface area contributed by atoms with Crippen molar-refractivity contribution < 1.29 is 9.90 Å². The highest BCUT2D eigenvalue weighted by atomic mass is 16.3. The molecule has 0 aliphatic carbocycles. The fraction of sp³-hybridized carbons (Fsp3) is 0.412. The molecule has 0 saturated carbocycles. The Balaban J connectivity index is 2.00. The van der Waals surface area contributed by atoms with E-state index in [-0.39, 0.29) is 12.5 Å². The SMILES string of the molecule is CC(O)CNC(=O)c1cc2ccccc2nc1N1CCCC1. The summed E-state index contributed by atoms with van der Waals surface area (Å²) in [6, 6.07) is 9.72. The second-order valence-corrected chi connectivity index (χ2v) is 5.81. The van der Waals surface area contributed by atoms with Crippen LogP contribution in [0.1, 0.15) is 30.1 Å². The number of nitrogens with zero attached hydrogens (tertiary/aromatic N) is 2. The third-order valence-electron chi connectivity index (χ3n) is 3.91. The molecular weight excluding hydrogens is 278 g/mol. The second kappa shape index (κ2) is 6.32. The van der Waals surface area contributed by atoms with Crippen LogP contribution in [0.4, 0.5) is 5.82 Å². The number of fused-ring (bicyclic) bond motifs is 1. The van der Waals surface area contributed by atoms with Crippen molar-refractivity contribution in [3.05, 3.63) is 35.9 Å². The van der Waals surface area contributed by atoms with Gasteiger partial charge in [0.15, 0.2) is 0 Å². The Morgan fingerprint density at radius 2 is 2.09 bits per heavy atom. The average molecular weight is 299 g/mol. The van der Waals surface area contributed by atoms with Crippen LogP contribution in [-0.2, 0) is 0 Å². The highest BCUT2D eigenvalue weighted by Crippen LogP contribution is 2.26. The zero-order valence-electron chi connectivity index (χ0n) is 12.7. The number of rotatable bonds is 4. The summed E-state index contributed by atoms with van der Waals surface area (Å²) in [5.41, 5.74) is 1.48. The van der Waals surface area contributed by atoms with Crippen molar-refractivity contribution in [1.29, 1.82) is 0 Å². The normalized spacial score (nSPS) is 16.0. The number of hydrogen-bond donors (Lipinski definition) is 2. The first-order chi connectivity index (χ1) is 10.6. The van der Waals surface area contributed by atoms with E-state index < -0.39 is 6.10 Å². The first kappa shape index (κ1) is 14.8. The van der Waals surface area contributed by atoms with Crippen molar-refractivity contribution in [2.45, 2.75) is 25.9 Å². The predicted molar refractivity (Wildman–Crippen MR) is 87.2 cm³/mol. The van der Waals surface area contributed by atoms with Crippen LogP contribution in [0.5, 0.6) is 0 Å². The lowest BCUT2D eigenvalue weighted by Gasteiger charge is -2.20. The number of carbonyl (C=O) groups excluding carboxylic acids is 1. The molecule has 5 nitrogen and oxygen atoms in total. The van der Waals surface area contributed by atoms with E-state index in [0.29, 0.717) is 5.56 Å². The molecule has 1 fully saturated rings. The molecular formula is C17H21N3O2. The van der Waals surface area contributed by atoms with Gasteiger partial charge in [0.05, 0.1) is 17.2 Å². The molecule has 1 aromatic carbocycles. The van der Waals surface area contributed by atoms with Crippen molar-refractivity contribution in [2.24, 2.45) is 0 Å². The van der Waals surface area contributed by atoms with E-state index in [0.717, 1.165) is 42.7 Å². The Morgan fingerprint density at radius 3 is 2.82 bits per heavy atom. The number of aliphatic hydroxyl groups excluding tert-OH is 1. The smallest absolute Gasteiger partial charge is 0.255 e. The van der Waals surface area contributed by atoms with Crippen LogP contribution >= 0.6 is 0 Å². The van der Waals surface area contributed by atoms with Crippen molar-refractivity contribution in [1.82, 2.24) is 10.3 Å². The van der Waals surface area contributed by atoms with Gasteiger partial charge in [-0.1, -0.05) is 18.2 Å². The van der Waals surface area contributed by atoms with E-state index in [4.69, 9.17) is 4.98 Å². The van der Waals surface area contributed by atoms with Crippen molar-refractivity contribution in [3.63, 3.8) is 0 Å². The van der Waals surface area contributed by atoms with Crippen LogP contribution in [0.15, 0.2) is 30.3 Å². The summed E-state index contributed by atoms with van der Waals surface area (Å²) in [5.74, 6) is 0.570. The van der Waals surface area contributed by atoms with Gasteiger partial charge in [-0.3, -0.25) is 4.79 Å². The summed E-state index contributed by atoms with van der Waals surface area (Å²) >= 11 is 0. The topological polar surface area (TPSA) is 65.5 Å². The van der Waals surface area contributed by atoms with Crippen LogP contribution in [0, 0.1) is 0 Å². The monoisotopic (exact) mass is 299 g/mol. The minimum absolute atomic E-state index is 0.180. The molecule has 0 bridgehead atoms. The third kappa shape index (κ3) is 3.04. The van der Waals surface area contributed by atoms with Gasteiger partial charge in [0.1, 0.15) is 5.82 Å². The molecule has 2 N–H and O–H groups in total. The lowest BCUT2D eigenvalue weighted by Crippen LogP contribution is -2.32. The molecule has 1 amide bonds. The number of pyridine rings is 1. The summed E-state index contributed by atoms with van der Waals surface area (Å²) in [4.78, 5) is 19.4. The predicted octanol–water partition coefficient (Wildman–Crippen LogP) is 1.95. The highest BCUT2D eigenvalue weighted by Gasteiger charge is 2.22. The molecule has 1 aromatic heterocycles. The van der Waals surface area contributed by atoms with Gasteiger partial charge in [0, 0.05) is 25.0 Å². The number of anilines is 1. The summed E-state index contributed by atoms with van der Waals surface area (Å²) in [5, 5.41) is 13.1. The Hall–Kier alpha value is -2.14. The molecule has 1 aliphatic heterocycles. The van der Waals surface area contributed by atoms with Gasteiger partial charge in [-0.25, -0.2) is 4.98 Å². The molecule has 1 aliphatic rings. The molecule has 2 aromatic rings. The van der Waals surface area contributed by atoms with Gasteiger partial charge in [-0.05, 0) is 31.9 Å². The van der Waals surface area contributed by atoms with Crippen LogP contribution in [0.2, 0.25) is 0 Å². The number of hydrogen-bond acceptors (Lipinski definition) is 4. The largest absolute Gasteiger partial charge is 0.392 e. The molecule has 22 heavy (non-hydrogen) atoms. The number of carbonyl (C=O) groups is 1. The Bertz CT molecular complexity index is 679. The van der Waals surface area contributed by atoms with Crippen molar-refractivity contribution in [2.75, 3.05) is 24.5 Å². The maximum absolute atomic E-state index is 12.5. The van der Waals surface area contributed by atoms with Gasteiger partial charge in [-0.15, -0.1) is 0 Å². The van der Waals surface area contributed by atoms with Crippen molar-refractivity contribution in [3.8, 4) is 0 Å². The van der Waals surface area contributed by atoms with E-state index in [2.05, 4.69) is 10.2 Å². The Kier molecular flexibility index (Phi) is 4.24. The van der Waals surface area contributed by atoms with Gasteiger partial charge >= 0.3 is 0 Å². The number of aromatic nitrogens is 1. The number of benzene rings is 1. The maximum Gasteiger partial charge on any atom is 0.255 e. The van der Waals surface area contributed by atoms with E-state index in [1.807, 2.05) is 30.3 Å². The quantitative estimate of drug-likeness (QED) is 0.905. The standard InChI is InChI=1S/C17H21N3O2/c1-12(21)11-18-17(22)14-10-13-6-2-3-7-15(13)19-16(14)20-8-4-5-9-20/h2-3,6-7,10,12,21H,4-5,8-9,11H2,1H3,(H,18,22). The molecule has 1 unspecified atom stereocenters. The molecule has 2 heterocycles. The first-order valence-electron chi connectivity index (χ1n) is 7.76. The van der Waals surface area contributed by atoms with Crippen molar-refractivity contribution >= 4 is 22.6 Å². The van der Waals surface area contributed by atoms with Gasteiger partial charge in [0.25, 0.3) is 5.91 Å². The minimum Gasteiger partial charge on any atom is -0.392 e. The van der Waals surface area contributed by atoms with Gasteiger partial charge < -0.3 is 15.3 Å².